The Labute approximate surface area is 157 Å². The molecule has 3 aromatic rings. The van der Waals surface area contributed by atoms with Crippen molar-refractivity contribution in [2.45, 2.75) is 26.1 Å². The highest BCUT2D eigenvalue weighted by molar-refractivity contribution is 5.23. The zero-order valence-electron chi connectivity index (χ0n) is 15.0. The molecule has 2 atom stereocenters. The fourth-order valence-corrected chi connectivity index (χ4v) is 2.88. The molecule has 3 rings (SSSR count). The van der Waals surface area contributed by atoms with E-state index in [1.807, 2.05) is 43.3 Å². The van der Waals surface area contributed by atoms with Crippen LogP contribution in [-0.2, 0) is 13.0 Å². The summed E-state index contributed by atoms with van der Waals surface area (Å²) in [6.07, 6.45) is 1.17. The number of aromatic nitrogens is 1. The molecule has 2 aromatic carbocycles. The summed E-state index contributed by atoms with van der Waals surface area (Å²) in [7, 11) is 0. The topological polar surface area (TPSA) is 42.4 Å². The maximum absolute atomic E-state index is 13.3. The number of nitrogens with zero attached hydrogens (tertiary/aromatic N) is 1. The Morgan fingerprint density at radius 2 is 1.67 bits per heavy atom. The molecule has 27 heavy (non-hydrogen) atoms. The van der Waals surface area contributed by atoms with Gasteiger partial charge in [0, 0.05) is 17.8 Å². The van der Waals surface area contributed by atoms with Crippen molar-refractivity contribution in [3.63, 3.8) is 0 Å². The maximum Gasteiger partial charge on any atom is 0.126 e. The largest absolute Gasteiger partial charge is 0.489 e. The van der Waals surface area contributed by atoms with Gasteiger partial charge >= 0.3 is 0 Å². The molecule has 1 heterocycles. The Hall–Kier alpha value is -2.79. The van der Waals surface area contributed by atoms with Crippen molar-refractivity contribution in [1.29, 1.82) is 0 Å². The summed E-state index contributed by atoms with van der Waals surface area (Å²) in [6, 6.07) is 16.5. The highest BCUT2D eigenvalue weighted by Gasteiger charge is 2.19. The van der Waals surface area contributed by atoms with Gasteiger partial charge in [0.15, 0.2) is 0 Å². The van der Waals surface area contributed by atoms with Gasteiger partial charge in [0.1, 0.15) is 24.0 Å². The average Bonchev–Trinajstić information content (AvgIpc) is 2.66. The number of hydrogen-bond acceptors (Lipinski definition) is 3. The lowest BCUT2D eigenvalue weighted by atomic mass is 9.93. The van der Waals surface area contributed by atoms with Crippen LogP contribution >= 0.6 is 0 Å². The quantitative estimate of drug-likeness (QED) is 0.647. The number of aliphatic hydroxyl groups is 1. The molecular formula is C22H21F2NO2. The smallest absolute Gasteiger partial charge is 0.126 e. The Morgan fingerprint density at radius 3 is 2.30 bits per heavy atom. The first-order valence-corrected chi connectivity index (χ1v) is 8.77. The van der Waals surface area contributed by atoms with E-state index in [0.29, 0.717) is 24.3 Å². The van der Waals surface area contributed by atoms with Crippen molar-refractivity contribution in [3.05, 3.63) is 95.3 Å². The zero-order valence-corrected chi connectivity index (χ0v) is 15.0. The minimum Gasteiger partial charge on any atom is -0.489 e. The summed E-state index contributed by atoms with van der Waals surface area (Å²) < 4.78 is 32.3. The van der Waals surface area contributed by atoms with Gasteiger partial charge in [-0.2, -0.15) is 0 Å². The summed E-state index contributed by atoms with van der Waals surface area (Å²) in [4.78, 5) is 4.31. The third-order valence-electron chi connectivity index (χ3n) is 4.32. The van der Waals surface area contributed by atoms with Crippen LogP contribution in [0.2, 0.25) is 0 Å². The van der Waals surface area contributed by atoms with Gasteiger partial charge in [0.25, 0.3) is 0 Å². The highest BCUT2D eigenvalue weighted by Crippen LogP contribution is 2.24. The molecule has 0 saturated carbocycles. The monoisotopic (exact) mass is 369 g/mol. The van der Waals surface area contributed by atoms with Crippen molar-refractivity contribution in [2.75, 3.05) is 0 Å². The molecule has 0 bridgehead atoms. The van der Waals surface area contributed by atoms with Gasteiger partial charge in [-0.05, 0) is 48.2 Å². The van der Waals surface area contributed by atoms with E-state index >= 15 is 0 Å². The van der Waals surface area contributed by atoms with Gasteiger partial charge < -0.3 is 9.84 Å². The lowest BCUT2D eigenvalue weighted by molar-refractivity contribution is 0.113. The van der Waals surface area contributed by atoms with Crippen molar-refractivity contribution in [1.82, 2.24) is 4.98 Å². The molecule has 5 heteroatoms. The van der Waals surface area contributed by atoms with Gasteiger partial charge in [-0.3, -0.25) is 4.98 Å². The molecule has 1 unspecified atom stereocenters. The van der Waals surface area contributed by atoms with Gasteiger partial charge in [0.2, 0.25) is 0 Å². The number of rotatable bonds is 7. The number of aliphatic hydroxyl groups excluding tert-OH is 1. The summed E-state index contributed by atoms with van der Waals surface area (Å²) in [6.45, 7) is 2.20. The van der Waals surface area contributed by atoms with E-state index in [0.717, 1.165) is 17.4 Å². The second-order valence-corrected chi connectivity index (χ2v) is 6.60. The van der Waals surface area contributed by atoms with E-state index < -0.39 is 17.7 Å². The van der Waals surface area contributed by atoms with E-state index in [4.69, 9.17) is 4.74 Å². The summed E-state index contributed by atoms with van der Waals surface area (Å²) >= 11 is 0. The lowest BCUT2D eigenvalue weighted by Crippen LogP contribution is -2.14. The fraction of sp³-hybridized carbons (Fsp3) is 0.227. The van der Waals surface area contributed by atoms with Crippen molar-refractivity contribution in [3.8, 4) is 5.75 Å². The highest BCUT2D eigenvalue weighted by atomic mass is 19.1. The SMILES string of the molecule is C[C@@H](Cc1cc(F)cc(F)c1)C(O)c1ccc(COc2ccccc2)cn1. The van der Waals surface area contributed by atoms with Gasteiger partial charge in [-0.15, -0.1) is 0 Å². The Bertz CT molecular complexity index is 849. The molecule has 0 aliphatic rings. The van der Waals surface area contributed by atoms with E-state index in [1.165, 1.54) is 12.1 Å². The molecule has 3 nitrogen and oxygen atoms in total. The van der Waals surface area contributed by atoms with Crippen molar-refractivity contribution in [2.24, 2.45) is 5.92 Å². The van der Waals surface area contributed by atoms with Crippen LogP contribution in [0.4, 0.5) is 8.78 Å². The van der Waals surface area contributed by atoms with E-state index in [1.54, 1.807) is 12.3 Å². The first kappa shape index (κ1) is 19.0. The van der Waals surface area contributed by atoms with Crippen molar-refractivity contribution >= 4 is 0 Å². The Morgan fingerprint density at radius 1 is 0.963 bits per heavy atom. The molecule has 1 N–H and O–H groups in total. The van der Waals surface area contributed by atoms with E-state index in [-0.39, 0.29) is 5.92 Å². The van der Waals surface area contributed by atoms with Gasteiger partial charge in [0.05, 0.1) is 11.8 Å². The molecule has 0 spiro atoms. The number of benzene rings is 2. The average molecular weight is 369 g/mol. The zero-order chi connectivity index (χ0) is 19.2. The van der Waals surface area contributed by atoms with Gasteiger partial charge in [-0.1, -0.05) is 31.2 Å². The number of para-hydroxylation sites is 1. The van der Waals surface area contributed by atoms with Crippen LogP contribution in [0, 0.1) is 17.6 Å². The lowest BCUT2D eigenvalue weighted by Gasteiger charge is -2.19. The molecule has 0 radical (unpaired) electrons. The molecule has 0 amide bonds. The Kier molecular flexibility index (Phi) is 6.14. The predicted molar refractivity (Wildman–Crippen MR) is 99.2 cm³/mol. The summed E-state index contributed by atoms with van der Waals surface area (Å²) in [5, 5.41) is 10.5. The van der Waals surface area contributed by atoms with Gasteiger partial charge in [-0.25, -0.2) is 8.78 Å². The third-order valence-corrected chi connectivity index (χ3v) is 4.32. The minimum absolute atomic E-state index is 0.245. The van der Waals surface area contributed by atoms with Crippen LogP contribution in [0.25, 0.3) is 0 Å². The number of ether oxygens (including phenoxy) is 1. The van der Waals surface area contributed by atoms with E-state index in [9.17, 15) is 13.9 Å². The van der Waals surface area contributed by atoms with Crippen molar-refractivity contribution < 1.29 is 18.6 Å². The van der Waals surface area contributed by atoms with Crippen LogP contribution in [0.15, 0.2) is 66.9 Å². The van der Waals surface area contributed by atoms with E-state index in [2.05, 4.69) is 4.98 Å². The second-order valence-electron chi connectivity index (χ2n) is 6.60. The first-order chi connectivity index (χ1) is 13.0. The van der Waals surface area contributed by atoms with Crippen LogP contribution in [0.1, 0.15) is 29.8 Å². The molecular weight excluding hydrogens is 348 g/mol. The molecule has 0 fully saturated rings. The fourth-order valence-electron chi connectivity index (χ4n) is 2.88. The van der Waals surface area contributed by atoms with Crippen LogP contribution in [-0.4, -0.2) is 10.1 Å². The third kappa shape index (κ3) is 5.34. The minimum atomic E-state index is -0.833. The Balaban J connectivity index is 1.60. The molecule has 0 aliphatic heterocycles. The first-order valence-electron chi connectivity index (χ1n) is 8.77. The molecule has 0 saturated heterocycles. The number of hydrogen-bond donors (Lipinski definition) is 1. The number of halogens is 2. The second kappa shape index (κ2) is 8.73. The maximum atomic E-state index is 13.3. The number of pyridine rings is 1. The molecule has 140 valence electrons. The predicted octanol–water partition coefficient (Wildman–Crippen LogP) is 4.85. The van der Waals surface area contributed by atoms with Crippen LogP contribution < -0.4 is 4.74 Å². The standard InChI is InChI=1S/C22H21F2NO2/c1-15(9-17-10-18(23)12-19(24)11-17)22(26)21-8-7-16(13-25-21)14-27-20-5-3-2-4-6-20/h2-8,10-13,15,22,26H,9,14H2,1H3/t15-,22?/m0/s1. The summed E-state index contributed by atoms with van der Waals surface area (Å²) in [5.74, 6) is -0.706. The van der Waals surface area contributed by atoms with Crippen LogP contribution in [0.3, 0.4) is 0 Å². The normalized spacial score (nSPS) is 13.2. The molecule has 0 aliphatic carbocycles. The molecule has 1 aromatic heterocycles. The van der Waals surface area contributed by atoms with Crippen LogP contribution in [0.5, 0.6) is 5.75 Å². The summed E-state index contributed by atoms with van der Waals surface area (Å²) in [5.41, 5.74) is 1.91.